The molecule has 0 radical (unpaired) electrons. The van der Waals surface area contributed by atoms with E-state index in [1.54, 1.807) is 16.9 Å². The summed E-state index contributed by atoms with van der Waals surface area (Å²) in [5.41, 5.74) is 0.605. The lowest BCUT2D eigenvalue weighted by molar-refractivity contribution is 0.481. The fourth-order valence-electron chi connectivity index (χ4n) is 0.848. The molecular formula is C6H4BrN3O. The third kappa shape index (κ3) is 0.970. The molecule has 2 heterocycles. The van der Waals surface area contributed by atoms with E-state index in [4.69, 9.17) is 5.11 Å². The van der Waals surface area contributed by atoms with Crippen LogP contribution in [0.5, 0.6) is 5.75 Å². The van der Waals surface area contributed by atoms with Gasteiger partial charge in [-0.2, -0.15) is 5.10 Å². The SMILES string of the molecule is Oc1cnn2cc(Br)ncc12. The highest BCUT2D eigenvalue weighted by atomic mass is 79.9. The van der Waals surface area contributed by atoms with Crippen LogP contribution in [0.3, 0.4) is 0 Å². The molecule has 56 valence electrons. The molecule has 0 saturated heterocycles. The van der Waals surface area contributed by atoms with Crippen molar-refractivity contribution in [1.82, 2.24) is 14.6 Å². The Hall–Kier alpha value is -1.10. The molecule has 0 aliphatic carbocycles. The fourth-order valence-corrected chi connectivity index (χ4v) is 1.14. The van der Waals surface area contributed by atoms with Crippen molar-refractivity contribution in [1.29, 1.82) is 0 Å². The normalized spacial score (nSPS) is 10.6. The van der Waals surface area contributed by atoms with Crippen molar-refractivity contribution in [3.8, 4) is 5.75 Å². The van der Waals surface area contributed by atoms with Crippen LogP contribution in [0.2, 0.25) is 0 Å². The Balaban J connectivity index is 2.86. The maximum Gasteiger partial charge on any atom is 0.163 e. The monoisotopic (exact) mass is 213 g/mol. The van der Waals surface area contributed by atoms with E-state index in [1.807, 2.05) is 0 Å². The summed E-state index contributed by atoms with van der Waals surface area (Å²) in [6.45, 7) is 0. The summed E-state index contributed by atoms with van der Waals surface area (Å²) in [5.74, 6) is 0.144. The highest BCUT2D eigenvalue weighted by molar-refractivity contribution is 9.10. The zero-order valence-corrected chi connectivity index (χ0v) is 6.98. The summed E-state index contributed by atoms with van der Waals surface area (Å²) in [6.07, 6.45) is 4.60. The molecule has 0 aromatic carbocycles. The summed E-state index contributed by atoms with van der Waals surface area (Å²) in [4.78, 5) is 3.94. The predicted octanol–water partition coefficient (Wildman–Crippen LogP) is 1.20. The zero-order chi connectivity index (χ0) is 7.84. The molecule has 0 atom stereocenters. The second kappa shape index (κ2) is 2.20. The van der Waals surface area contributed by atoms with Crippen LogP contribution >= 0.6 is 15.9 Å². The summed E-state index contributed by atoms with van der Waals surface area (Å²) in [6, 6.07) is 0. The van der Waals surface area contributed by atoms with E-state index in [0.717, 1.165) is 0 Å². The highest BCUT2D eigenvalue weighted by Crippen LogP contribution is 2.17. The van der Waals surface area contributed by atoms with Crippen LogP contribution in [0.15, 0.2) is 23.2 Å². The molecular weight excluding hydrogens is 210 g/mol. The largest absolute Gasteiger partial charge is 0.504 e. The van der Waals surface area contributed by atoms with Crippen molar-refractivity contribution in [2.75, 3.05) is 0 Å². The van der Waals surface area contributed by atoms with Crippen LogP contribution in [0.25, 0.3) is 5.52 Å². The van der Waals surface area contributed by atoms with Crippen LogP contribution in [0.4, 0.5) is 0 Å². The van der Waals surface area contributed by atoms with Gasteiger partial charge < -0.3 is 5.11 Å². The van der Waals surface area contributed by atoms with Crippen LogP contribution in [-0.2, 0) is 0 Å². The molecule has 0 saturated carbocycles. The number of aromatic nitrogens is 3. The second-order valence-corrected chi connectivity index (χ2v) is 2.88. The smallest absolute Gasteiger partial charge is 0.163 e. The average molecular weight is 214 g/mol. The number of fused-ring (bicyclic) bond motifs is 1. The van der Waals surface area contributed by atoms with Crippen LogP contribution in [-0.4, -0.2) is 19.7 Å². The van der Waals surface area contributed by atoms with E-state index in [9.17, 15) is 0 Å². The Kier molecular flexibility index (Phi) is 1.32. The third-order valence-electron chi connectivity index (χ3n) is 1.35. The minimum atomic E-state index is 0.144. The molecule has 11 heavy (non-hydrogen) atoms. The molecule has 0 spiro atoms. The fraction of sp³-hybridized carbons (Fsp3) is 0. The van der Waals surface area contributed by atoms with Gasteiger partial charge in [0, 0.05) is 0 Å². The van der Waals surface area contributed by atoms with E-state index in [2.05, 4.69) is 26.0 Å². The van der Waals surface area contributed by atoms with E-state index in [0.29, 0.717) is 10.1 Å². The Morgan fingerprint density at radius 2 is 2.27 bits per heavy atom. The van der Waals surface area contributed by atoms with E-state index in [-0.39, 0.29) is 5.75 Å². The van der Waals surface area contributed by atoms with Crippen LogP contribution in [0.1, 0.15) is 0 Å². The van der Waals surface area contributed by atoms with Crippen LogP contribution < -0.4 is 0 Å². The van der Waals surface area contributed by atoms with Gasteiger partial charge in [-0.15, -0.1) is 0 Å². The quantitative estimate of drug-likeness (QED) is 0.716. The third-order valence-corrected chi connectivity index (χ3v) is 1.76. The molecule has 0 aliphatic heterocycles. The van der Waals surface area contributed by atoms with E-state index in [1.165, 1.54) is 6.20 Å². The number of hydrogen-bond donors (Lipinski definition) is 1. The van der Waals surface area contributed by atoms with Gasteiger partial charge in [0.15, 0.2) is 5.75 Å². The molecule has 5 heteroatoms. The lowest BCUT2D eigenvalue weighted by Gasteiger charge is -1.91. The number of hydrogen-bond acceptors (Lipinski definition) is 3. The van der Waals surface area contributed by atoms with Gasteiger partial charge in [-0.1, -0.05) is 0 Å². The number of nitrogens with zero attached hydrogens (tertiary/aromatic N) is 3. The minimum absolute atomic E-state index is 0.144. The van der Waals surface area contributed by atoms with E-state index >= 15 is 0 Å². The highest BCUT2D eigenvalue weighted by Gasteiger charge is 2.00. The molecule has 1 N–H and O–H groups in total. The maximum atomic E-state index is 9.16. The first-order valence-corrected chi connectivity index (χ1v) is 3.74. The first-order valence-electron chi connectivity index (χ1n) is 2.95. The van der Waals surface area contributed by atoms with Crippen molar-refractivity contribution in [2.45, 2.75) is 0 Å². The maximum absolute atomic E-state index is 9.16. The number of halogens is 1. The Morgan fingerprint density at radius 3 is 3.09 bits per heavy atom. The number of aromatic hydroxyl groups is 1. The molecule has 0 amide bonds. The van der Waals surface area contributed by atoms with Gasteiger partial charge in [0.05, 0.1) is 18.6 Å². The summed E-state index contributed by atoms with van der Waals surface area (Å²) in [7, 11) is 0. The molecule has 2 aromatic rings. The van der Waals surface area contributed by atoms with Crippen molar-refractivity contribution < 1.29 is 5.11 Å². The van der Waals surface area contributed by atoms with Crippen molar-refractivity contribution in [3.63, 3.8) is 0 Å². The topological polar surface area (TPSA) is 50.4 Å². The molecule has 4 nitrogen and oxygen atoms in total. The second-order valence-electron chi connectivity index (χ2n) is 2.07. The molecule has 2 aromatic heterocycles. The first kappa shape index (κ1) is 6.60. The minimum Gasteiger partial charge on any atom is -0.504 e. The Morgan fingerprint density at radius 1 is 1.45 bits per heavy atom. The lowest BCUT2D eigenvalue weighted by atomic mass is 10.5. The van der Waals surface area contributed by atoms with Gasteiger partial charge in [-0.05, 0) is 15.9 Å². The summed E-state index contributed by atoms with van der Waals surface area (Å²) >= 11 is 3.19. The van der Waals surface area contributed by atoms with Gasteiger partial charge in [-0.25, -0.2) is 9.50 Å². The molecule has 0 bridgehead atoms. The van der Waals surface area contributed by atoms with Gasteiger partial charge in [0.25, 0.3) is 0 Å². The Labute approximate surface area is 70.6 Å². The van der Waals surface area contributed by atoms with Gasteiger partial charge >= 0.3 is 0 Å². The summed E-state index contributed by atoms with van der Waals surface area (Å²) < 4.78 is 2.24. The predicted molar refractivity (Wildman–Crippen MR) is 42.4 cm³/mol. The Bertz CT molecular complexity index is 398. The molecule has 0 unspecified atom stereocenters. The standard InChI is InChI=1S/C6H4BrN3O/c7-6-3-10-4(1-8-6)5(11)2-9-10/h1-3,11H. The van der Waals surface area contributed by atoms with Gasteiger partial charge in [0.1, 0.15) is 10.1 Å². The van der Waals surface area contributed by atoms with Crippen molar-refractivity contribution in [3.05, 3.63) is 23.2 Å². The van der Waals surface area contributed by atoms with Crippen LogP contribution in [0, 0.1) is 0 Å². The number of rotatable bonds is 0. The lowest BCUT2D eigenvalue weighted by Crippen LogP contribution is -1.87. The zero-order valence-electron chi connectivity index (χ0n) is 5.40. The molecule has 2 rings (SSSR count). The van der Waals surface area contributed by atoms with Gasteiger partial charge in [-0.3, -0.25) is 0 Å². The van der Waals surface area contributed by atoms with Crippen molar-refractivity contribution in [2.24, 2.45) is 0 Å². The van der Waals surface area contributed by atoms with Gasteiger partial charge in [0.2, 0.25) is 0 Å². The van der Waals surface area contributed by atoms with E-state index < -0.39 is 0 Å². The molecule has 0 fully saturated rings. The van der Waals surface area contributed by atoms with Crippen molar-refractivity contribution >= 4 is 21.4 Å². The average Bonchev–Trinajstić information content (AvgIpc) is 2.32. The summed E-state index contributed by atoms with van der Waals surface area (Å²) in [5, 5.41) is 13.0. The first-order chi connectivity index (χ1) is 5.27. The molecule has 0 aliphatic rings.